The van der Waals surface area contributed by atoms with E-state index >= 15 is 0 Å². The van der Waals surface area contributed by atoms with Crippen LogP contribution < -0.4 is 5.73 Å². The Morgan fingerprint density at radius 3 is 2.00 bits per heavy atom. The molecular weight excluding hydrogens is 130 g/mol. The van der Waals surface area contributed by atoms with Crippen LogP contribution in [0.5, 0.6) is 0 Å². The van der Waals surface area contributed by atoms with Gasteiger partial charge in [0.1, 0.15) is 0 Å². The van der Waals surface area contributed by atoms with Gasteiger partial charge in [-0.1, -0.05) is 19.9 Å². The Bertz CT molecular complexity index is 99.8. The Balaban J connectivity index is 0. The predicted octanol–water partition coefficient (Wildman–Crippen LogP) is 0.858. The highest BCUT2D eigenvalue weighted by Gasteiger charge is 1.99. The van der Waals surface area contributed by atoms with Crippen molar-refractivity contribution >= 4 is 5.97 Å². The molecule has 0 heterocycles. The molecule has 60 valence electrons. The number of hydrogen-bond acceptors (Lipinski definition) is 2. The predicted molar refractivity (Wildman–Crippen MR) is 41.7 cm³/mol. The molecule has 0 saturated carbocycles. The quantitative estimate of drug-likeness (QED) is 0.566. The zero-order chi connectivity index (χ0) is 8.57. The van der Waals surface area contributed by atoms with Crippen LogP contribution in [-0.2, 0) is 4.79 Å². The zero-order valence-corrected chi connectivity index (χ0v) is 6.50. The van der Waals surface area contributed by atoms with E-state index < -0.39 is 5.97 Å². The van der Waals surface area contributed by atoms with Crippen LogP contribution in [0, 0.1) is 5.92 Å². The lowest BCUT2D eigenvalue weighted by Crippen LogP contribution is -2.03. The Morgan fingerprint density at radius 1 is 1.80 bits per heavy atom. The SMILES string of the molecule is C=CCN.CC(C)C(=O)O. The smallest absolute Gasteiger partial charge is 0.305 e. The molecule has 0 atom stereocenters. The summed E-state index contributed by atoms with van der Waals surface area (Å²) in [6.07, 6.45) is 1.65. The summed E-state index contributed by atoms with van der Waals surface area (Å²) in [4.78, 5) is 9.70. The maximum absolute atomic E-state index is 9.70. The molecule has 0 fully saturated rings. The van der Waals surface area contributed by atoms with E-state index in [1.165, 1.54) is 0 Å². The summed E-state index contributed by atoms with van der Waals surface area (Å²) in [5.41, 5.74) is 4.91. The van der Waals surface area contributed by atoms with Crippen LogP contribution in [0.2, 0.25) is 0 Å². The second-order valence-corrected chi connectivity index (χ2v) is 2.02. The molecule has 0 spiro atoms. The topological polar surface area (TPSA) is 63.3 Å². The fourth-order valence-electron chi connectivity index (χ4n) is 0. The molecule has 0 bridgehead atoms. The molecule has 0 aliphatic heterocycles. The minimum atomic E-state index is -0.741. The van der Waals surface area contributed by atoms with E-state index in [0.717, 1.165) is 0 Å². The molecule has 0 aliphatic carbocycles. The van der Waals surface area contributed by atoms with Crippen molar-refractivity contribution in [2.24, 2.45) is 11.7 Å². The van der Waals surface area contributed by atoms with Crippen LogP contribution in [0.4, 0.5) is 0 Å². The number of rotatable bonds is 2. The van der Waals surface area contributed by atoms with Crippen LogP contribution in [0.3, 0.4) is 0 Å². The van der Waals surface area contributed by atoms with Crippen molar-refractivity contribution in [2.45, 2.75) is 13.8 Å². The van der Waals surface area contributed by atoms with Crippen LogP contribution >= 0.6 is 0 Å². The molecule has 0 aliphatic rings. The molecule has 3 nitrogen and oxygen atoms in total. The number of aliphatic carboxylic acids is 1. The van der Waals surface area contributed by atoms with E-state index in [1.54, 1.807) is 19.9 Å². The minimum absolute atomic E-state index is 0.231. The van der Waals surface area contributed by atoms with E-state index in [2.05, 4.69) is 6.58 Å². The van der Waals surface area contributed by atoms with Crippen LogP contribution in [-0.4, -0.2) is 17.6 Å². The molecule has 3 N–H and O–H groups in total. The average molecular weight is 145 g/mol. The third-order valence-corrected chi connectivity index (χ3v) is 0.661. The molecule has 0 aromatic carbocycles. The minimum Gasteiger partial charge on any atom is -0.481 e. The van der Waals surface area contributed by atoms with E-state index in [4.69, 9.17) is 10.8 Å². The van der Waals surface area contributed by atoms with Gasteiger partial charge in [0.25, 0.3) is 0 Å². The Labute approximate surface area is 61.5 Å². The monoisotopic (exact) mass is 145 g/mol. The van der Waals surface area contributed by atoms with Gasteiger partial charge in [-0.3, -0.25) is 4.79 Å². The third-order valence-electron chi connectivity index (χ3n) is 0.661. The first-order chi connectivity index (χ1) is 4.56. The van der Waals surface area contributed by atoms with Crippen molar-refractivity contribution in [2.75, 3.05) is 6.54 Å². The molecule has 0 amide bonds. The summed E-state index contributed by atoms with van der Waals surface area (Å²) in [5, 5.41) is 7.99. The van der Waals surface area contributed by atoms with Crippen LogP contribution in [0.1, 0.15) is 13.8 Å². The van der Waals surface area contributed by atoms with Crippen LogP contribution in [0.25, 0.3) is 0 Å². The van der Waals surface area contributed by atoms with E-state index in [9.17, 15) is 4.79 Å². The Hall–Kier alpha value is -0.830. The highest BCUT2D eigenvalue weighted by atomic mass is 16.4. The zero-order valence-electron chi connectivity index (χ0n) is 6.50. The number of hydrogen-bond donors (Lipinski definition) is 2. The second-order valence-electron chi connectivity index (χ2n) is 2.02. The molecular formula is C7H15NO2. The standard InChI is InChI=1S/C4H8O2.C3H7N/c1-3(2)4(5)6;1-2-3-4/h3H,1-2H3,(H,5,6);2H,1,3-4H2. The Morgan fingerprint density at radius 2 is 2.00 bits per heavy atom. The van der Waals surface area contributed by atoms with Gasteiger partial charge in [-0.15, -0.1) is 6.58 Å². The summed E-state index contributed by atoms with van der Waals surface area (Å²) >= 11 is 0. The normalized spacial score (nSPS) is 8.00. The largest absolute Gasteiger partial charge is 0.481 e. The van der Waals surface area contributed by atoms with Crippen molar-refractivity contribution < 1.29 is 9.90 Å². The lowest BCUT2D eigenvalue weighted by molar-refractivity contribution is -0.140. The maximum atomic E-state index is 9.70. The van der Waals surface area contributed by atoms with Gasteiger partial charge in [0.15, 0.2) is 0 Å². The number of carbonyl (C=O) groups is 1. The summed E-state index contributed by atoms with van der Waals surface area (Å²) in [6, 6.07) is 0. The highest BCUT2D eigenvalue weighted by Crippen LogP contribution is 1.87. The first-order valence-corrected chi connectivity index (χ1v) is 3.10. The lowest BCUT2D eigenvalue weighted by atomic mass is 10.2. The lowest BCUT2D eigenvalue weighted by Gasteiger charge is -1.89. The number of carboxylic acids is 1. The molecule has 0 unspecified atom stereocenters. The van der Waals surface area contributed by atoms with Gasteiger partial charge in [-0.2, -0.15) is 0 Å². The first-order valence-electron chi connectivity index (χ1n) is 3.10. The van der Waals surface area contributed by atoms with Gasteiger partial charge in [-0.05, 0) is 0 Å². The van der Waals surface area contributed by atoms with E-state index in [-0.39, 0.29) is 5.92 Å². The summed E-state index contributed by atoms with van der Waals surface area (Å²) in [6.45, 7) is 7.22. The van der Waals surface area contributed by atoms with E-state index in [1.807, 2.05) is 0 Å². The van der Waals surface area contributed by atoms with Gasteiger partial charge >= 0.3 is 5.97 Å². The van der Waals surface area contributed by atoms with Gasteiger partial charge in [0.05, 0.1) is 5.92 Å². The molecule has 0 rings (SSSR count). The average Bonchev–Trinajstić information content (AvgIpc) is 1.89. The van der Waals surface area contributed by atoms with Crippen molar-refractivity contribution in [1.82, 2.24) is 0 Å². The molecule has 0 aromatic heterocycles. The second kappa shape index (κ2) is 8.17. The summed E-state index contributed by atoms with van der Waals surface area (Å²) in [5.74, 6) is -0.972. The maximum Gasteiger partial charge on any atom is 0.305 e. The van der Waals surface area contributed by atoms with Crippen molar-refractivity contribution in [3.63, 3.8) is 0 Å². The van der Waals surface area contributed by atoms with Gasteiger partial charge in [0, 0.05) is 6.54 Å². The summed E-state index contributed by atoms with van der Waals surface area (Å²) in [7, 11) is 0. The van der Waals surface area contributed by atoms with Gasteiger partial charge in [0.2, 0.25) is 0 Å². The molecule has 10 heavy (non-hydrogen) atoms. The van der Waals surface area contributed by atoms with E-state index in [0.29, 0.717) is 6.54 Å². The number of carboxylic acid groups (broad SMARTS) is 1. The van der Waals surface area contributed by atoms with Crippen LogP contribution in [0.15, 0.2) is 12.7 Å². The molecule has 0 saturated heterocycles. The van der Waals surface area contributed by atoms with Crippen molar-refractivity contribution in [3.8, 4) is 0 Å². The van der Waals surface area contributed by atoms with Gasteiger partial charge < -0.3 is 10.8 Å². The fourth-order valence-corrected chi connectivity index (χ4v) is 0. The molecule has 0 aromatic rings. The summed E-state index contributed by atoms with van der Waals surface area (Å²) < 4.78 is 0. The fraction of sp³-hybridized carbons (Fsp3) is 0.571. The molecule has 3 heteroatoms. The Kier molecular flexibility index (Phi) is 9.73. The third kappa shape index (κ3) is 15.7. The number of nitrogens with two attached hydrogens (primary N) is 1. The van der Waals surface area contributed by atoms with Crippen molar-refractivity contribution in [3.05, 3.63) is 12.7 Å². The highest BCUT2D eigenvalue weighted by molar-refractivity contribution is 5.68. The van der Waals surface area contributed by atoms with Crippen molar-refractivity contribution in [1.29, 1.82) is 0 Å². The van der Waals surface area contributed by atoms with Gasteiger partial charge in [-0.25, -0.2) is 0 Å². The molecule has 0 radical (unpaired) electrons. The first kappa shape index (κ1) is 11.9.